The largest absolute Gasteiger partial charge is 0.374 e. The number of nitrogens with zero attached hydrogens (tertiary/aromatic N) is 2. The van der Waals surface area contributed by atoms with E-state index in [1.807, 2.05) is 39.4 Å². The zero-order chi connectivity index (χ0) is 14.6. The topological polar surface area (TPSA) is 65.1 Å². The Morgan fingerprint density at radius 2 is 2.11 bits per heavy atom. The summed E-state index contributed by atoms with van der Waals surface area (Å²) in [5, 5.41) is 5.14. The maximum atomic E-state index is 6.33. The van der Waals surface area contributed by atoms with Gasteiger partial charge in [-0.3, -0.25) is 16.0 Å². The SMILES string of the molecule is CCc1nn(C)c(CC(COC(C)(C)C)NN)c1Cl. The lowest BCUT2D eigenvalue weighted by atomic mass is 10.1. The minimum atomic E-state index is -0.181. The zero-order valence-electron chi connectivity index (χ0n) is 12.5. The van der Waals surface area contributed by atoms with Crippen LogP contribution < -0.4 is 11.3 Å². The van der Waals surface area contributed by atoms with E-state index in [1.54, 1.807) is 0 Å². The van der Waals surface area contributed by atoms with Crippen molar-refractivity contribution < 1.29 is 4.74 Å². The Kier molecular flexibility index (Phi) is 5.80. The molecule has 1 atom stereocenters. The van der Waals surface area contributed by atoms with E-state index in [9.17, 15) is 0 Å². The summed E-state index contributed by atoms with van der Waals surface area (Å²) < 4.78 is 7.57. The van der Waals surface area contributed by atoms with Crippen molar-refractivity contribution in [3.05, 3.63) is 16.4 Å². The van der Waals surface area contributed by atoms with Crippen LogP contribution in [0.25, 0.3) is 0 Å². The molecule has 3 N–H and O–H groups in total. The van der Waals surface area contributed by atoms with E-state index in [4.69, 9.17) is 22.2 Å². The minimum Gasteiger partial charge on any atom is -0.374 e. The number of hydrogen-bond acceptors (Lipinski definition) is 4. The Morgan fingerprint density at radius 3 is 2.53 bits per heavy atom. The monoisotopic (exact) mass is 288 g/mol. The summed E-state index contributed by atoms with van der Waals surface area (Å²) in [6.07, 6.45) is 1.51. The van der Waals surface area contributed by atoms with Crippen LogP contribution in [0.5, 0.6) is 0 Å². The molecule has 0 aromatic carbocycles. The van der Waals surface area contributed by atoms with Crippen LogP contribution in [0.2, 0.25) is 5.02 Å². The van der Waals surface area contributed by atoms with Crippen LogP contribution in [-0.4, -0.2) is 28.0 Å². The highest BCUT2D eigenvalue weighted by molar-refractivity contribution is 6.31. The molecule has 110 valence electrons. The molecule has 0 aliphatic heterocycles. The fourth-order valence-corrected chi connectivity index (χ4v) is 2.16. The number of nitrogens with one attached hydrogen (secondary N) is 1. The Labute approximate surface area is 120 Å². The zero-order valence-corrected chi connectivity index (χ0v) is 13.2. The fourth-order valence-electron chi connectivity index (χ4n) is 1.79. The van der Waals surface area contributed by atoms with Crippen LogP contribution in [0, 0.1) is 0 Å². The fraction of sp³-hybridized carbons (Fsp3) is 0.769. The van der Waals surface area contributed by atoms with Gasteiger partial charge in [0.2, 0.25) is 0 Å². The van der Waals surface area contributed by atoms with E-state index in [0.29, 0.717) is 13.0 Å². The van der Waals surface area contributed by atoms with Crippen molar-refractivity contribution in [2.75, 3.05) is 6.61 Å². The van der Waals surface area contributed by atoms with Crippen LogP contribution in [-0.2, 0) is 24.6 Å². The molecule has 0 amide bonds. The first-order chi connectivity index (χ1) is 8.78. The normalized spacial score (nSPS) is 13.8. The highest BCUT2D eigenvalue weighted by Crippen LogP contribution is 2.22. The summed E-state index contributed by atoms with van der Waals surface area (Å²) >= 11 is 6.33. The first-order valence-electron chi connectivity index (χ1n) is 6.58. The average molecular weight is 289 g/mol. The third-order valence-corrected chi connectivity index (χ3v) is 3.33. The second-order valence-corrected chi connectivity index (χ2v) is 6.05. The molecule has 0 saturated carbocycles. The molecule has 1 unspecified atom stereocenters. The summed E-state index contributed by atoms with van der Waals surface area (Å²) in [5.41, 5.74) is 4.51. The second kappa shape index (κ2) is 6.70. The summed E-state index contributed by atoms with van der Waals surface area (Å²) in [7, 11) is 1.90. The van der Waals surface area contributed by atoms with E-state index in [0.717, 1.165) is 22.8 Å². The summed E-state index contributed by atoms with van der Waals surface area (Å²) in [6, 6.07) is 0.0110. The van der Waals surface area contributed by atoms with Gasteiger partial charge in [-0.2, -0.15) is 5.10 Å². The highest BCUT2D eigenvalue weighted by atomic mass is 35.5. The molecule has 0 bridgehead atoms. The molecular formula is C13H25ClN4O. The quantitative estimate of drug-likeness (QED) is 0.619. The van der Waals surface area contributed by atoms with Gasteiger partial charge in [0.1, 0.15) is 0 Å². The molecule has 1 heterocycles. The number of aryl methyl sites for hydroxylation is 2. The van der Waals surface area contributed by atoms with Crippen molar-refractivity contribution in [2.45, 2.75) is 52.2 Å². The van der Waals surface area contributed by atoms with Gasteiger partial charge in [0.15, 0.2) is 0 Å². The Morgan fingerprint density at radius 1 is 1.47 bits per heavy atom. The number of halogens is 1. The molecule has 0 saturated heterocycles. The lowest BCUT2D eigenvalue weighted by Gasteiger charge is -2.24. The van der Waals surface area contributed by atoms with Crippen molar-refractivity contribution in [3.63, 3.8) is 0 Å². The van der Waals surface area contributed by atoms with Gasteiger partial charge in [-0.1, -0.05) is 18.5 Å². The van der Waals surface area contributed by atoms with Gasteiger partial charge in [0.05, 0.1) is 34.7 Å². The van der Waals surface area contributed by atoms with Gasteiger partial charge in [-0.15, -0.1) is 0 Å². The first-order valence-corrected chi connectivity index (χ1v) is 6.96. The predicted octanol–water partition coefficient (Wildman–Crippen LogP) is 1.83. The molecule has 0 radical (unpaired) electrons. The lowest BCUT2D eigenvalue weighted by Crippen LogP contribution is -2.42. The first kappa shape index (κ1) is 16.4. The maximum Gasteiger partial charge on any atom is 0.0850 e. The van der Waals surface area contributed by atoms with Gasteiger partial charge in [0, 0.05) is 13.5 Å². The van der Waals surface area contributed by atoms with Crippen LogP contribution >= 0.6 is 11.6 Å². The Balaban J connectivity index is 2.73. The predicted molar refractivity (Wildman–Crippen MR) is 78.1 cm³/mol. The smallest absolute Gasteiger partial charge is 0.0850 e. The average Bonchev–Trinajstić information content (AvgIpc) is 2.59. The van der Waals surface area contributed by atoms with E-state index in [1.165, 1.54) is 0 Å². The standard InChI is InChI=1S/C13H25ClN4O/c1-6-10-12(14)11(18(5)17-10)7-9(16-15)8-19-13(2,3)4/h9,16H,6-8,15H2,1-5H3. The van der Waals surface area contributed by atoms with Crippen LogP contribution in [0.15, 0.2) is 0 Å². The molecule has 19 heavy (non-hydrogen) atoms. The molecule has 5 nitrogen and oxygen atoms in total. The molecule has 1 aromatic rings. The van der Waals surface area contributed by atoms with Gasteiger partial charge in [-0.05, 0) is 27.2 Å². The molecule has 0 fully saturated rings. The van der Waals surface area contributed by atoms with Gasteiger partial charge in [0.25, 0.3) is 0 Å². The number of nitrogens with two attached hydrogens (primary N) is 1. The second-order valence-electron chi connectivity index (χ2n) is 5.68. The van der Waals surface area contributed by atoms with E-state index in [-0.39, 0.29) is 11.6 Å². The van der Waals surface area contributed by atoms with E-state index >= 15 is 0 Å². The van der Waals surface area contributed by atoms with Crippen molar-refractivity contribution >= 4 is 11.6 Å². The van der Waals surface area contributed by atoms with Gasteiger partial charge < -0.3 is 4.74 Å². The number of hydrazine groups is 1. The van der Waals surface area contributed by atoms with Crippen LogP contribution in [0.3, 0.4) is 0 Å². The molecule has 1 rings (SSSR count). The molecule has 0 aliphatic carbocycles. The highest BCUT2D eigenvalue weighted by Gasteiger charge is 2.19. The minimum absolute atomic E-state index is 0.0110. The number of rotatable bonds is 6. The number of hydrogen-bond donors (Lipinski definition) is 2. The Hall–Kier alpha value is -0.620. The number of aromatic nitrogens is 2. The lowest BCUT2D eigenvalue weighted by molar-refractivity contribution is -0.0145. The third kappa shape index (κ3) is 4.76. The van der Waals surface area contributed by atoms with Gasteiger partial charge >= 0.3 is 0 Å². The number of ether oxygens (including phenoxy) is 1. The molecule has 1 aromatic heterocycles. The summed E-state index contributed by atoms with van der Waals surface area (Å²) in [6.45, 7) is 8.63. The van der Waals surface area contributed by atoms with Crippen molar-refractivity contribution in [1.82, 2.24) is 15.2 Å². The molecule has 0 spiro atoms. The van der Waals surface area contributed by atoms with Crippen LogP contribution in [0.4, 0.5) is 0 Å². The van der Waals surface area contributed by atoms with Crippen molar-refractivity contribution in [1.29, 1.82) is 0 Å². The summed E-state index contributed by atoms with van der Waals surface area (Å²) in [4.78, 5) is 0. The maximum absolute atomic E-state index is 6.33. The van der Waals surface area contributed by atoms with Gasteiger partial charge in [-0.25, -0.2) is 0 Å². The summed E-state index contributed by atoms with van der Waals surface area (Å²) in [5.74, 6) is 5.59. The van der Waals surface area contributed by atoms with Crippen molar-refractivity contribution in [3.8, 4) is 0 Å². The Bertz CT molecular complexity index is 412. The van der Waals surface area contributed by atoms with E-state index < -0.39 is 0 Å². The molecular weight excluding hydrogens is 264 g/mol. The van der Waals surface area contributed by atoms with E-state index in [2.05, 4.69) is 10.5 Å². The van der Waals surface area contributed by atoms with Crippen LogP contribution in [0.1, 0.15) is 39.1 Å². The molecule has 6 heteroatoms. The van der Waals surface area contributed by atoms with Crippen molar-refractivity contribution in [2.24, 2.45) is 12.9 Å². The third-order valence-electron chi connectivity index (χ3n) is 2.90. The molecule has 0 aliphatic rings.